The number of rotatable bonds is 3. The monoisotopic (exact) mass is 447 g/mol. The van der Waals surface area contributed by atoms with Crippen LogP contribution < -0.4 is 14.2 Å². The standard InChI is InChI=1S/C14H11Br2NO4S/c15-9-1-3-10(4-2-9)22(18,19)17-12-8-14-13(7-11(12)16)20-5-6-21-14/h1-4,7-8,17H,5-6H2. The lowest BCUT2D eigenvalue weighted by Crippen LogP contribution is -2.17. The Hall–Kier alpha value is -1.25. The molecule has 2 aromatic carbocycles. The highest BCUT2D eigenvalue weighted by atomic mass is 79.9. The number of hydrogen-bond donors (Lipinski definition) is 1. The molecule has 0 unspecified atom stereocenters. The molecule has 0 fully saturated rings. The minimum absolute atomic E-state index is 0.178. The fourth-order valence-corrected chi connectivity index (χ4v) is 3.85. The fraction of sp³-hybridized carbons (Fsp3) is 0.143. The van der Waals surface area contributed by atoms with Crippen LogP contribution in [0.5, 0.6) is 11.5 Å². The predicted molar refractivity (Wildman–Crippen MR) is 90.1 cm³/mol. The molecule has 0 aromatic heterocycles. The molecule has 1 aliphatic rings. The van der Waals surface area contributed by atoms with Crippen molar-refractivity contribution >= 4 is 47.6 Å². The van der Waals surface area contributed by atoms with E-state index in [1.807, 2.05) is 0 Å². The number of sulfonamides is 1. The molecule has 0 radical (unpaired) electrons. The van der Waals surface area contributed by atoms with Crippen LogP contribution in [0.15, 0.2) is 50.2 Å². The summed E-state index contributed by atoms with van der Waals surface area (Å²) in [6.45, 7) is 0.914. The van der Waals surface area contributed by atoms with Gasteiger partial charge in [0.05, 0.1) is 10.6 Å². The van der Waals surface area contributed by atoms with E-state index in [0.29, 0.717) is 34.9 Å². The maximum absolute atomic E-state index is 12.4. The van der Waals surface area contributed by atoms with E-state index < -0.39 is 10.0 Å². The molecule has 2 aromatic rings. The number of benzene rings is 2. The zero-order valence-electron chi connectivity index (χ0n) is 11.2. The molecule has 0 spiro atoms. The van der Waals surface area contributed by atoms with Crippen molar-refractivity contribution in [1.82, 2.24) is 0 Å². The van der Waals surface area contributed by atoms with Crippen LogP contribution in [0, 0.1) is 0 Å². The van der Waals surface area contributed by atoms with Crippen molar-refractivity contribution < 1.29 is 17.9 Å². The highest BCUT2D eigenvalue weighted by Crippen LogP contribution is 2.38. The molecule has 0 aliphatic carbocycles. The third-order valence-corrected chi connectivity index (χ3v) is 5.57. The molecule has 3 rings (SSSR count). The van der Waals surface area contributed by atoms with E-state index >= 15 is 0 Å². The van der Waals surface area contributed by atoms with Crippen molar-refractivity contribution in [3.8, 4) is 11.5 Å². The van der Waals surface area contributed by atoms with Gasteiger partial charge in [-0.1, -0.05) is 15.9 Å². The van der Waals surface area contributed by atoms with Crippen LogP contribution in [-0.4, -0.2) is 21.6 Å². The second-order valence-electron chi connectivity index (χ2n) is 4.54. The highest BCUT2D eigenvalue weighted by molar-refractivity contribution is 9.10. The summed E-state index contributed by atoms with van der Waals surface area (Å²) < 4.78 is 39.7. The Morgan fingerprint density at radius 3 is 2.18 bits per heavy atom. The van der Waals surface area contributed by atoms with E-state index in [2.05, 4.69) is 36.6 Å². The second-order valence-corrected chi connectivity index (χ2v) is 7.99. The van der Waals surface area contributed by atoms with E-state index in [1.165, 1.54) is 12.1 Å². The van der Waals surface area contributed by atoms with Crippen LogP contribution in [0.4, 0.5) is 5.69 Å². The normalized spacial score (nSPS) is 13.7. The van der Waals surface area contributed by atoms with Crippen molar-refractivity contribution in [1.29, 1.82) is 0 Å². The Morgan fingerprint density at radius 2 is 1.55 bits per heavy atom. The van der Waals surface area contributed by atoms with E-state index in [1.54, 1.807) is 24.3 Å². The SMILES string of the molecule is O=S(=O)(Nc1cc2c(cc1Br)OCCO2)c1ccc(Br)cc1. The maximum Gasteiger partial charge on any atom is 0.261 e. The van der Waals surface area contributed by atoms with Gasteiger partial charge in [0.25, 0.3) is 10.0 Å². The highest BCUT2D eigenvalue weighted by Gasteiger charge is 2.19. The molecule has 22 heavy (non-hydrogen) atoms. The summed E-state index contributed by atoms with van der Waals surface area (Å²) in [6, 6.07) is 9.69. The van der Waals surface area contributed by atoms with Gasteiger partial charge < -0.3 is 9.47 Å². The zero-order valence-corrected chi connectivity index (χ0v) is 15.2. The Morgan fingerprint density at radius 1 is 0.955 bits per heavy atom. The summed E-state index contributed by atoms with van der Waals surface area (Å²) in [5.41, 5.74) is 0.396. The first-order valence-corrected chi connectivity index (χ1v) is 9.40. The largest absolute Gasteiger partial charge is 0.486 e. The first-order valence-electron chi connectivity index (χ1n) is 6.33. The Balaban J connectivity index is 1.93. The van der Waals surface area contributed by atoms with E-state index in [9.17, 15) is 8.42 Å². The molecule has 1 aliphatic heterocycles. The number of hydrogen-bond acceptors (Lipinski definition) is 4. The van der Waals surface area contributed by atoms with Gasteiger partial charge in [0.1, 0.15) is 13.2 Å². The Bertz CT molecular complexity index is 806. The lowest BCUT2D eigenvalue weighted by molar-refractivity contribution is 0.171. The molecular weight excluding hydrogens is 438 g/mol. The van der Waals surface area contributed by atoms with Crippen LogP contribution >= 0.6 is 31.9 Å². The molecular formula is C14H11Br2NO4S. The summed E-state index contributed by atoms with van der Waals surface area (Å²) in [5.74, 6) is 1.10. The van der Waals surface area contributed by atoms with Crippen LogP contribution in [0.3, 0.4) is 0 Å². The van der Waals surface area contributed by atoms with Gasteiger partial charge in [-0.3, -0.25) is 4.72 Å². The van der Waals surface area contributed by atoms with Crippen LogP contribution in [0.2, 0.25) is 0 Å². The minimum Gasteiger partial charge on any atom is -0.486 e. The van der Waals surface area contributed by atoms with E-state index in [4.69, 9.17) is 9.47 Å². The van der Waals surface area contributed by atoms with E-state index in [0.717, 1.165) is 4.47 Å². The van der Waals surface area contributed by atoms with Gasteiger partial charge in [0.2, 0.25) is 0 Å². The lowest BCUT2D eigenvalue weighted by Gasteiger charge is -2.20. The summed E-state index contributed by atoms with van der Waals surface area (Å²) in [5, 5.41) is 0. The van der Waals surface area contributed by atoms with Gasteiger partial charge in [-0.15, -0.1) is 0 Å². The summed E-state index contributed by atoms with van der Waals surface area (Å²) in [6.07, 6.45) is 0. The fourth-order valence-electron chi connectivity index (χ4n) is 1.96. The average Bonchev–Trinajstić information content (AvgIpc) is 2.48. The maximum atomic E-state index is 12.4. The van der Waals surface area contributed by atoms with Crippen molar-refractivity contribution in [3.05, 3.63) is 45.3 Å². The molecule has 8 heteroatoms. The molecule has 116 valence electrons. The molecule has 0 amide bonds. The van der Waals surface area contributed by atoms with Gasteiger partial charge in [-0.2, -0.15) is 0 Å². The molecule has 1 heterocycles. The number of nitrogens with one attached hydrogen (secondary N) is 1. The third-order valence-electron chi connectivity index (χ3n) is 3.00. The smallest absolute Gasteiger partial charge is 0.261 e. The second kappa shape index (κ2) is 6.10. The van der Waals surface area contributed by atoms with Crippen molar-refractivity contribution in [2.24, 2.45) is 0 Å². The first kappa shape index (κ1) is 15.6. The molecule has 5 nitrogen and oxygen atoms in total. The average molecular weight is 449 g/mol. The minimum atomic E-state index is -3.68. The predicted octanol–water partition coefficient (Wildman–Crippen LogP) is 3.78. The molecule has 1 N–H and O–H groups in total. The number of halogens is 2. The van der Waals surface area contributed by atoms with Crippen LogP contribution in [0.25, 0.3) is 0 Å². The van der Waals surface area contributed by atoms with Gasteiger partial charge in [0.15, 0.2) is 11.5 Å². The molecule has 0 saturated carbocycles. The first-order chi connectivity index (χ1) is 10.5. The van der Waals surface area contributed by atoms with Gasteiger partial charge in [-0.25, -0.2) is 8.42 Å². The Labute approximate surface area is 144 Å². The molecule has 0 bridgehead atoms. The quantitative estimate of drug-likeness (QED) is 0.775. The number of anilines is 1. The van der Waals surface area contributed by atoms with Gasteiger partial charge >= 0.3 is 0 Å². The van der Waals surface area contributed by atoms with Gasteiger partial charge in [0, 0.05) is 21.1 Å². The summed E-state index contributed by atoms with van der Waals surface area (Å²) in [7, 11) is -3.68. The van der Waals surface area contributed by atoms with Crippen molar-refractivity contribution in [3.63, 3.8) is 0 Å². The van der Waals surface area contributed by atoms with E-state index in [-0.39, 0.29) is 4.90 Å². The summed E-state index contributed by atoms with van der Waals surface area (Å²) >= 11 is 6.62. The Kier molecular flexibility index (Phi) is 4.33. The molecule has 0 saturated heterocycles. The van der Waals surface area contributed by atoms with Crippen molar-refractivity contribution in [2.75, 3.05) is 17.9 Å². The van der Waals surface area contributed by atoms with Crippen molar-refractivity contribution in [2.45, 2.75) is 4.90 Å². The number of ether oxygens (including phenoxy) is 2. The lowest BCUT2D eigenvalue weighted by atomic mass is 10.2. The number of fused-ring (bicyclic) bond motifs is 1. The summed E-state index contributed by atoms with van der Waals surface area (Å²) in [4.78, 5) is 0.178. The molecule has 0 atom stereocenters. The third kappa shape index (κ3) is 3.23. The topological polar surface area (TPSA) is 64.6 Å². The van der Waals surface area contributed by atoms with Gasteiger partial charge in [-0.05, 0) is 40.2 Å². The van der Waals surface area contributed by atoms with Crippen LogP contribution in [-0.2, 0) is 10.0 Å². The van der Waals surface area contributed by atoms with Crippen LogP contribution in [0.1, 0.15) is 0 Å². The zero-order chi connectivity index (χ0) is 15.7.